The highest BCUT2D eigenvalue weighted by atomic mass is 32.2. The SMILES string of the molecule is C=CCSc1ncc(C=NO)n1Cc1ccccc1. The van der Waals surface area contributed by atoms with E-state index in [1.807, 2.05) is 28.8 Å². The molecule has 0 aliphatic carbocycles. The number of benzene rings is 1. The Morgan fingerprint density at radius 1 is 1.37 bits per heavy atom. The second-order valence-corrected chi connectivity index (χ2v) is 4.87. The highest BCUT2D eigenvalue weighted by molar-refractivity contribution is 7.99. The standard InChI is InChI=1S/C14H15N3OS/c1-2-8-19-14-15-9-13(10-16-18)17(14)11-12-6-4-3-5-7-12/h2-7,9-10,18H,1,8,11H2. The van der Waals surface area contributed by atoms with Crippen LogP contribution < -0.4 is 0 Å². The molecule has 0 aliphatic heterocycles. The van der Waals surface area contributed by atoms with Crippen molar-refractivity contribution in [1.29, 1.82) is 0 Å². The van der Waals surface area contributed by atoms with Gasteiger partial charge in [0, 0.05) is 5.75 Å². The van der Waals surface area contributed by atoms with Gasteiger partial charge in [-0.1, -0.05) is 53.3 Å². The second-order valence-electron chi connectivity index (χ2n) is 3.88. The molecule has 0 saturated heterocycles. The lowest BCUT2D eigenvalue weighted by atomic mass is 10.2. The van der Waals surface area contributed by atoms with Crippen LogP contribution in [0.5, 0.6) is 0 Å². The summed E-state index contributed by atoms with van der Waals surface area (Å²) in [7, 11) is 0. The largest absolute Gasteiger partial charge is 0.411 e. The molecule has 98 valence electrons. The van der Waals surface area contributed by atoms with E-state index in [1.54, 1.807) is 18.0 Å². The summed E-state index contributed by atoms with van der Waals surface area (Å²) in [6, 6.07) is 10.1. The average molecular weight is 273 g/mol. The van der Waals surface area contributed by atoms with Crippen molar-refractivity contribution in [3.8, 4) is 0 Å². The maximum absolute atomic E-state index is 8.70. The lowest BCUT2D eigenvalue weighted by molar-refractivity contribution is 0.321. The van der Waals surface area contributed by atoms with Gasteiger partial charge in [-0.3, -0.25) is 0 Å². The minimum atomic E-state index is 0.696. The van der Waals surface area contributed by atoms with Gasteiger partial charge in [-0.05, 0) is 5.56 Å². The van der Waals surface area contributed by atoms with Crippen molar-refractivity contribution in [3.05, 3.63) is 60.4 Å². The van der Waals surface area contributed by atoms with Gasteiger partial charge in [0.2, 0.25) is 0 Å². The van der Waals surface area contributed by atoms with Crippen molar-refractivity contribution in [2.75, 3.05) is 5.75 Å². The first kappa shape index (κ1) is 13.4. The minimum absolute atomic E-state index is 0.696. The van der Waals surface area contributed by atoms with E-state index >= 15 is 0 Å². The van der Waals surface area contributed by atoms with Crippen molar-refractivity contribution in [2.24, 2.45) is 5.16 Å². The summed E-state index contributed by atoms with van der Waals surface area (Å²) in [4.78, 5) is 4.34. The zero-order valence-corrected chi connectivity index (χ0v) is 11.3. The summed E-state index contributed by atoms with van der Waals surface area (Å²) in [5.74, 6) is 0.793. The first-order chi connectivity index (χ1) is 9.35. The first-order valence-electron chi connectivity index (χ1n) is 5.85. The smallest absolute Gasteiger partial charge is 0.169 e. The molecular formula is C14H15N3OS. The molecule has 4 nitrogen and oxygen atoms in total. The Kier molecular flexibility index (Phi) is 4.80. The molecule has 0 unspecified atom stereocenters. The van der Waals surface area contributed by atoms with E-state index in [2.05, 4.69) is 28.9 Å². The van der Waals surface area contributed by atoms with Crippen LogP contribution >= 0.6 is 11.8 Å². The summed E-state index contributed by atoms with van der Waals surface area (Å²) in [6.45, 7) is 4.40. The molecule has 0 radical (unpaired) electrons. The van der Waals surface area contributed by atoms with Crippen molar-refractivity contribution >= 4 is 18.0 Å². The normalized spacial score (nSPS) is 10.9. The highest BCUT2D eigenvalue weighted by Crippen LogP contribution is 2.19. The molecule has 0 spiro atoms. The molecular weight excluding hydrogens is 258 g/mol. The quantitative estimate of drug-likeness (QED) is 0.289. The molecule has 2 aromatic rings. The Morgan fingerprint density at radius 3 is 2.84 bits per heavy atom. The van der Waals surface area contributed by atoms with Crippen LogP contribution in [0.2, 0.25) is 0 Å². The average Bonchev–Trinajstić information content (AvgIpc) is 2.81. The number of oxime groups is 1. The molecule has 1 N–H and O–H groups in total. The van der Waals surface area contributed by atoms with Gasteiger partial charge >= 0.3 is 0 Å². The molecule has 0 bridgehead atoms. The number of aromatic nitrogens is 2. The van der Waals surface area contributed by atoms with Crippen molar-refractivity contribution < 1.29 is 5.21 Å². The summed E-state index contributed by atoms with van der Waals surface area (Å²) >= 11 is 1.60. The molecule has 0 atom stereocenters. The number of nitrogens with zero attached hydrogens (tertiary/aromatic N) is 3. The zero-order valence-electron chi connectivity index (χ0n) is 10.4. The van der Waals surface area contributed by atoms with Crippen LogP contribution in [0.4, 0.5) is 0 Å². The van der Waals surface area contributed by atoms with Gasteiger partial charge in [0.05, 0.1) is 24.7 Å². The first-order valence-corrected chi connectivity index (χ1v) is 6.84. The van der Waals surface area contributed by atoms with Crippen molar-refractivity contribution in [3.63, 3.8) is 0 Å². The minimum Gasteiger partial charge on any atom is -0.411 e. The molecule has 19 heavy (non-hydrogen) atoms. The predicted molar refractivity (Wildman–Crippen MR) is 78.1 cm³/mol. The van der Waals surface area contributed by atoms with Crippen LogP contribution in [-0.2, 0) is 6.54 Å². The van der Waals surface area contributed by atoms with Crippen LogP contribution in [0.25, 0.3) is 0 Å². The van der Waals surface area contributed by atoms with Crippen molar-refractivity contribution in [2.45, 2.75) is 11.7 Å². The molecule has 5 heteroatoms. The van der Waals surface area contributed by atoms with Gasteiger partial charge in [-0.15, -0.1) is 6.58 Å². The van der Waals surface area contributed by atoms with Crippen LogP contribution in [0.3, 0.4) is 0 Å². The third-order valence-electron chi connectivity index (χ3n) is 2.55. The number of hydrogen-bond acceptors (Lipinski definition) is 4. The van der Waals surface area contributed by atoms with Gasteiger partial charge in [0.15, 0.2) is 5.16 Å². The topological polar surface area (TPSA) is 50.4 Å². The van der Waals surface area contributed by atoms with E-state index in [9.17, 15) is 0 Å². The molecule has 0 fully saturated rings. The molecule has 0 amide bonds. The van der Waals surface area contributed by atoms with Crippen molar-refractivity contribution in [1.82, 2.24) is 9.55 Å². The Balaban J connectivity index is 2.29. The fraction of sp³-hybridized carbons (Fsp3) is 0.143. The maximum Gasteiger partial charge on any atom is 0.169 e. The zero-order chi connectivity index (χ0) is 13.5. The third-order valence-corrected chi connectivity index (χ3v) is 3.54. The number of hydrogen-bond donors (Lipinski definition) is 1. The van der Waals surface area contributed by atoms with Gasteiger partial charge in [0.25, 0.3) is 0 Å². The third kappa shape index (κ3) is 3.48. The lowest BCUT2D eigenvalue weighted by Gasteiger charge is -2.09. The Bertz CT molecular complexity index is 563. The van der Waals surface area contributed by atoms with Gasteiger partial charge < -0.3 is 9.77 Å². The second kappa shape index (κ2) is 6.80. The molecule has 2 rings (SSSR count). The monoisotopic (exact) mass is 273 g/mol. The molecule has 1 aromatic heterocycles. The molecule has 0 saturated carbocycles. The Hall–Kier alpha value is -2.01. The van der Waals surface area contributed by atoms with Crippen LogP contribution in [0.15, 0.2) is 59.5 Å². The number of thioether (sulfide) groups is 1. The Labute approximate surface area is 116 Å². The summed E-state index contributed by atoms with van der Waals surface area (Å²) in [6.07, 6.45) is 4.94. The lowest BCUT2D eigenvalue weighted by Crippen LogP contribution is -2.05. The highest BCUT2D eigenvalue weighted by Gasteiger charge is 2.09. The van der Waals surface area contributed by atoms with Crippen LogP contribution in [0, 0.1) is 0 Å². The van der Waals surface area contributed by atoms with E-state index in [1.165, 1.54) is 11.8 Å². The van der Waals surface area contributed by atoms with E-state index in [0.29, 0.717) is 6.54 Å². The fourth-order valence-corrected chi connectivity index (χ4v) is 2.43. The van der Waals surface area contributed by atoms with Gasteiger partial charge in [0.1, 0.15) is 0 Å². The molecule has 1 heterocycles. The number of rotatable bonds is 6. The maximum atomic E-state index is 8.70. The molecule has 1 aromatic carbocycles. The number of imidazole rings is 1. The Morgan fingerprint density at radius 2 is 2.16 bits per heavy atom. The summed E-state index contributed by atoms with van der Waals surface area (Å²) in [5, 5.41) is 12.7. The van der Waals surface area contributed by atoms with E-state index in [4.69, 9.17) is 5.21 Å². The van der Waals surface area contributed by atoms with Gasteiger partial charge in [-0.25, -0.2) is 4.98 Å². The van der Waals surface area contributed by atoms with E-state index in [0.717, 1.165) is 16.6 Å². The fourth-order valence-electron chi connectivity index (χ4n) is 1.71. The summed E-state index contributed by atoms with van der Waals surface area (Å²) in [5.41, 5.74) is 1.95. The molecule has 0 aliphatic rings. The predicted octanol–water partition coefficient (Wildman–Crippen LogP) is 3.02. The van der Waals surface area contributed by atoms with Gasteiger partial charge in [-0.2, -0.15) is 0 Å². The van der Waals surface area contributed by atoms with E-state index < -0.39 is 0 Å². The van der Waals surface area contributed by atoms with Crippen LogP contribution in [-0.4, -0.2) is 26.7 Å². The van der Waals surface area contributed by atoms with E-state index in [-0.39, 0.29) is 0 Å². The summed E-state index contributed by atoms with van der Waals surface area (Å²) < 4.78 is 2.02. The van der Waals surface area contributed by atoms with Crippen LogP contribution in [0.1, 0.15) is 11.3 Å².